The summed E-state index contributed by atoms with van der Waals surface area (Å²) in [5.41, 5.74) is 0.355. The van der Waals surface area contributed by atoms with Crippen molar-refractivity contribution in [2.24, 2.45) is 5.92 Å². The van der Waals surface area contributed by atoms with E-state index in [1.54, 1.807) is 6.07 Å². The van der Waals surface area contributed by atoms with E-state index in [1.165, 1.54) is 18.2 Å². The van der Waals surface area contributed by atoms with Gasteiger partial charge >= 0.3 is 6.36 Å². The van der Waals surface area contributed by atoms with Gasteiger partial charge in [0.15, 0.2) is 0 Å². The van der Waals surface area contributed by atoms with E-state index >= 15 is 0 Å². The Hall–Kier alpha value is -2.65. The highest BCUT2D eigenvalue weighted by molar-refractivity contribution is 5.93. The molecule has 116 valence electrons. The van der Waals surface area contributed by atoms with Crippen molar-refractivity contribution in [2.45, 2.75) is 18.7 Å². The van der Waals surface area contributed by atoms with Gasteiger partial charge in [0.05, 0.1) is 0 Å². The smallest absolute Gasteiger partial charge is 0.405 e. The molecule has 0 bridgehead atoms. The molecule has 0 saturated heterocycles. The molecule has 1 amide bonds. The van der Waals surface area contributed by atoms with Gasteiger partial charge in [-0.2, -0.15) is 5.21 Å². The Morgan fingerprint density at radius 3 is 2.82 bits per heavy atom. The summed E-state index contributed by atoms with van der Waals surface area (Å²) in [6.07, 6.45) is -4.34. The van der Waals surface area contributed by atoms with Gasteiger partial charge in [-0.15, -0.1) is 18.3 Å². The zero-order valence-electron chi connectivity index (χ0n) is 11.0. The Kier molecular flexibility index (Phi) is 3.43. The van der Waals surface area contributed by atoms with E-state index in [9.17, 15) is 18.0 Å². The van der Waals surface area contributed by atoms with Crippen LogP contribution >= 0.6 is 0 Å². The second-order valence-electron chi connectivity index (χ2n) is 4.76. The number of alkyl halides is 3. The summed E-state index contributed by atoms with van der Waals surface area (Å²) in [6.45, 7) is 0. The van der Waals surface area contributed by atoms with E-state index in [-0.39, 0.29) is 23.5 Å². The molecule has 0 spiro atoms. The first-order valence-electron chi connectivity index (χ1n) is 6.33. The minimum atomic E-state index is -4.77. The highest BCUT2D eigenvalue weighted by Gasteiger charge is 2.46. The van der Waals surface area contributed by atoms with Crippen molar-refractivity contribution >= 4 is 11.9 Å². The predicted molar refractivity (Wildman–Crippen MR) is 66.8 cm³/mol. The van der Waals surface area contributed by atoms with Gasteiger partial charge in [0.2, 0.25) is 5.91 Å². The standard InChI is InChI=1S/C12H10F3N5O2/c13-12(14,15)22-9-4-2-1-3-6(9)7-5-8(7)10(21)16-11-17-19-20-18-11/h1-4,7-8H,5H2,(H2,16,17,18,19,20,21). The van der Waals surface area contributed by atoms with Gasteiger partial charge in [-0.3, -0.25) is 10.1 Å². The molecule has 7 nitrogen and oxygen atoms in total. The van der Waals surface area contributed by atoms with Crippen LogP contribution in [0.4, 0.5) is 19.1 Å². The molecule has 1 aliphatic carbocycles. The molecule has 0 radical (unpaired) electrons. The van der Waals surface area contributed by atoms with Gasteiger partial charge in [-0.05, 0) is 29.2 Å². The summed E-state index contributed by atoms with van der Waals surface area (Å²) < 4.78 is 41.2. The van der Waals surface area contributed by atoms with Crippen LogP contribution in [-0.4, -0.2) is 32.9 Å². The Labute approximate surface area is 121 Å². The lowest BCUT2D eigenvalue weighted by Gasteiger charge is -2.12. The number of hydrogen-bond donors (Lipinski definition) is 2. The number of tetrazole rings is 1. The lowest BCUT2D eigenvalue weighted by Crippen LogP contribution is -2.18. The van der Waals surface area contributed by atoms with Crippen molar-refractivity contribution in [3.63, 3.8) is 0 Å². The summed E-state index contributed by atoms with van der Waals surface area (Å²) in [7, 11) is 0. The Morgan fingerprint density at radius 2 is 2.14 bits per heavy atom. The van der Waals surface area contributed by atoms with E-state index in [0.29, 0.717) is 12.0 Å². The zero-order valence-corrected chi connectivity index (χ0v) is 11.0. The summed E-state index contributed by atoms with van der Waals surface area (Å²) in [5, 5.41) is 15.1. The minimum Gasteiger partial charge on any atom is -0.405 e. The van der Waals surface area contributed by atoms with Crippen LogP contribution in [-0.2, 0) is 4.79 Å². The molecule has 2 N–H and O–H groups in total. The average Bonchev–Trinajstić information content (AvgIpc) is 3.08. The summed E-state index contributed by atoms with van der Waals surface area (Å²) in [5.74, 6) is -1.40. The van der Waals surface area contributed by atoms with E-state index in [4.69, 9.17) is 0 Å². The highest BCUT2D eigenvalue weighted by Crippen LogP contribution is 2.51. The third-order valence-electron chi connectivity index (χ3n) is 3.25. The molecule has 22 heavy (non-hydrogen) atoms. The second-order valence-corrected chi connectivity index (χ2v) is 4.76. The van der Waals surface area contributed by atoms with Gasteiger partial charge in [0.1, 0.15) is 5.75 Å². The number of halogens is 3. The molecule has 1 aromatic carbocycles. The quantitative estimate of drug-likeness (QED) is 0.898. The number of hydrogen-bond acceptors (Lipinski definition) is 5. The summed E-state index contributed by atoms with van der Waals surface area (Å²) in [4.78, 5) is 12.0. The summed E-state index contributed by atoms with van der Waals surface area (Å²) >= 11 is 0. The van der Waals surface area contributed by atoms with Crippen LogP contribution in [0.15, 0.2) is 24.3 Å². The van der Waals surface area contributed by atoms with Crippen molar-refractivity contribution in [2.75, 3.05) is 5.32 Å². The SMILES string of the molecule is O=C(Nc1nn[nH]n1)C1CC1c1ccccc1OC(F)(F)F. The molecule has 1 saturated carbocycles. The molecule has 10 heteroatoms. The van der Waals surface area contributed by atoms with Gasteiger partial charge in [0, 0.05) is 5.92 Å². The number of aromatic nitrogens is 4. The molecule has 1 aliphatic rings. The van der Waals surface area contributed by atoms with Crippen LogP contribution in [0, 0.1) is 5.92 Å². The van der Waals surface area contributed by atoms with Crippen molar-refractivity contribution in [1.29, 1.82) is 0 Å². The fourth-order valence-corrected chi connectivity index (χ4v) is 2.25. The van der Waals surface area contributed by atoms with Gasteiger partial charge < -0.3 is 4.74 Å². The number of carbonyl (C=O) groups is 1. The lowest BCUT2D eigenvalue weighted by molar-refractivity contribution is -0.274. The number of aromatic amines is 1. The van der Waals surface area contributed by atoms with E-state index in [2.05, 4.69) is 30.7 Å². The van der Waals surface area contributed by atoms with E-state index < -0.39 is 12.3 Å². The number of nitrogens with zero attached hydrogens (tertiary/aromatic N) is 3. The molecule has 2 aromatic rings. The average molecular weight is 313 g/mol. The number of benzene rings is 1. The van der Waals surface area contributed by atoms with Crippen LogP contribution in [0.2, 0.25) is 0 Å². The molecule has 1 aromatic heterocycles. The van der Waals surface area contributed by atoms with Crippen LogP contribution in [0.25, 0.3) is 0 Å². The van der Waals surface area contributed by atoms with Crippen LogP contribution in [0.3, 0.4) is 0 Å². The monoisotopic (exact) mass is 313 g/mol. The number of rotatable bonds is 4. The first-order valence-corrected chi connectivity index (χ1v) is 6.33. The topological polar surface area (TPSA) is 92.8 Å². The molecular formula is C12H10F3N5O2. The van der Waals surface area contributed by atoms with Gasteiger partial charge in [0.25, 0.3) is 5.95 Å². The largest absolute Gasteiger partial charge is 0.573 e. The first-order chi connectivity index (χ1) is 10.4. The number of ether oxygens (including phenoxy) is 1. The summed E-state index contributed by atoms with van der Waals surface area (Å²) in [6, 6.07) is 5.80. The zero-order chi connectivity index (χ0) is 15.7. The van der Waals surface area contributed by atoms with Gasteiger partial charge in [-0.1, -0.05) is 23.3 Å². The Bertz CT molecular complexity index is 674. The van der Waals surface area contributed by atoms with Crippen LogP contribution in [0.1, 0.15) is 17.9 Å². The maximum atomic E-state index is 12.4. The van der Waals surface area contributed by atoms with Crippen LogP contribution < -0.4 is 10.1 Å². The number of H-pyrrole nitrogens is 1. The van der Waals surface area contributed by atoms with Crippen molar-refractivity contribution < 1.29 is 22.7 Å². The fourth-order valence-electron chi connectivity index (χ4n) is 2.25. The van der Waals surface area contributed by atoms with Crippen molar-refractivity contribution in [1.82, 2.24) is 20.6 Å². The van der Waals surface area contributed by atoms with Crippen LogP contribution in [0.5, 0.6) is 5.75 Å². The maximum absolute atomic E-state index is 12.4. The Morgan fingerprint density at radius 1 is 1.36 bits per heavy atom. The number of nitrogens with one attached hydrogen (secondary N) is 2. The predicted octanol–water partition coefficient (Wildman–Crippen LogP) is 1.84. The van der Waals surface area contributed by atoms with Gasteiger partial charge in [-0.25, -0.2) is 0 Å². The highest BCUT2D eigenvalue weighted by atomic mass is 19.4. The second kappa shape index (κ2) is 5.28. The van der Waals surface area contributed by atoms with Crippen molar-refractivity contribution in [3.8, 4) is 5.75 Å². The molecular weight excluding hydrogens is 303 g/mol. The van der Waals surface area contributed by atoms with E-state index in [1.807, 2.05) is 0 Å². The minimum absolute atomic E-state index is 0.0236. The molecule has 2 atom stereocenters. The molecule has 1 fully saturated rings. The fraction of sp³-hybridized carbons (Fsp3) is 0.333. The number of anilines is 1. The number of para-hydroxylation sites is 1. The lowest BCUT2D eigenvalue weighted by atomic mass is 10.1. The molecule has 2 unspecified atom stereocenters. The molecule has 3 rings (SSSR count). The first kappa shape index (κ1) is 14.3. The maximum Gasteiger partial charge on any atom is 0.573 e. The normalized spacial score (nSPS) is 20.5. The Balaban J connectivity index is 1.70. The number of carbonyl (C=O) groups excluding carboxylic acids is 1. The number of amides is 1. The molecule has 0 aliphatic heterocycles. The third-order valence-corrected chi connectivity index (χ3v) is 3.25. The van der Waals surface area contributed by atoms with Crippen molar-refractivity contribution in [3.05, 3.63) is 29.8 Å². The third kappa shape index (κ3) is 3.15. The molecule has 1 heterocycles. The van der Waals surface area contributed by atoms with E-state index in [0.717, 1.165) is 0 Å².